The van der Waals surface area contributed by atoms with E-state index in [1.54, 1.807) is 26.0 Å². The Balaban J connectivity index is 1.81. The van der Waals surface area contributed by atoms with Gasteiger partial charge in [0.15, 0.2) is 5.60 Å². The van der Waals surface area contributed by atoms with Crippen LogP contribution < -0.4 is 10.6 Å². The van der Waals surface area contributed by atoms with Gasteiger partial charge in [0.25, 0.3) is 11.9 Å². The molecule has 2 aromatic rings. The second-order valence-corrected chi connectivity index (χ2v) is 10.2. The lowest BCUT2D eigenvalue weighted by Gasteiger charge is -2.38. The van der Waals surface area contributed by atoms with Gasteiger partial charge in [0.2, 0.25) is 5.91 Å². The maximum Gasteiger partial charge on any atom is 0.552 e. The molecule has 0 spiro atoms. The number of carboxylic acid groups (broad SMARTS) is 2. The Morgan fingerprint density at radius 2 is 1.71 bits per heavy atom. The first-order valence-electron chi connectivity index (χ1n) is 13.0. The number of nitrogens with zero attached hydrogens (tertiary/aromatic N) is 1. The van der Waals surface area contributed by atoms with Gasteiger partial charge in [0, 0.05) is 5.56 Å². The summed E-state index contributed by atoms with van der Waals surface area (Å²) in [6.45, 7) is 4.85. The third kappa shape index (κ3) is 8.11. The van der Waals surface area contributed by atoms with Crippen LogP contribution >= 0.6 is 0 Å². The monoisotopic (exact) mass is 569 g/mol. The van der Waals surface area contributed by atoms with Gasteiger partial charge in [-0.2, -0.15) is 0 Å². The van der Waals surface area contributed by atoms with E-state index in [1.165, 1.54) is 13.0 Å². The smallest absolute Gasteiger partial charge is 0.508 e. The average Bonchev–Trinajstić information content (AvgIpc) is 2.90. The van der Waals surface area contributed by atoms with Crippen LogP contribution in [0.2, 0.25) is 0 Å². The first kappa shape index (κ1) is 31.2. The number of benzene rings is 1. The number of rotatable bonds is 12. The summed E-state index contributed by atoms with van der Waals surface area (Å²) in [5.74, 6) is -7.08. The molecule has 2 heterocycles. The first-order chi connectivity index (χ1) is 19.3. The molecule has 4 atom stereocenters. The SMILES string of the molecule is CC(C)C[C@H](NC(=O)[C@@H](NC(=O)c1cccc(-c2ccccc2)n1)C(C)O)B1OC(=O)CC(CC(=O)O)(C(=O)O)O1. The zero-order chi connectivity index (χ0) is 30.3. The summed E-state index contributed by atoms with van der Waals surface area (Å²) in [6.07, 6.45) is -3.11. The van der Waals surface area contributed by atoms with E-state index in [0.717, 1.165) is 5.56 Å². The van der Waals surface area contributed by atoms with E-state index in [-0.39, 0.29) is 18.0 Å². The van der Waals surface area contributed by atoms with Crippen LogP contribution in [-0.2, 0) is 28.5 Å². The third-order valence-electron chi connectivity index (χ3n) is 6.33. The Hall–Kier alpha value is -4.30. The summed E-state index contributed by atoms with van der Waals surface area (Å²) >= 11 is 0. The molecule has 0 bridgehead atoms. The quantitative estimate of drug-likeness (QED) is 0.229. The van der Waals surface area contributed by atoms with Gasteiger partial charge in [-0.25, -0.2) is 9.78 Å². The minimum Gasteiger partial charge on any atom is -0.508 e. The molecule has 5 N–H and O–H groups in total. The lowest BCUT2D eigenvalue weighted by atomic mass is 9.70. The molecule has 2 unspecified atom stereocenters. The molecule has 1 fully saturated rings. The number of hydrogen-bond donors (Lipinski definition) is 5. The van der Waals surface area contributed by atoms with Crippen molar-refractivity contribution in [3.63, 3.8) is 0 Å². The average molecular weight is 569 g/mol. The molecule has 41 heavy (non-hydrogen) atoms. The maximum atomic E-state index is 13.3. The van der Waals surface area contributed by atoms with Crippen molar-refractivity contribution in [3.05, 3.63) is 54.2 Å². The summed E-state index contributed by atoms with van der Waals surface area (Å²) in [7, 11) is -1.65. The number of nitrogens with one attached hydrogen (secondary N) is 2. The van der Waals surface area contributed by atoms with E-state index in [4.69, 9.17) is 9.31 Å². The molecule has 0 aliphatic carbocycles. The van der Waals surface area contributed by atoms with E-state index >= 15 is 0 Å². The van der Waals surface area contributed by atoms with Crippen molar-refractivity contribution in [2.24, 2.45) is 5.92 Å². The zero-order valence-corrected chi connectivity index (χ0v) is 22.8. The number of amides is 2. The maximum absolute atomic E-state index is 13.3. The number of carbonyl (C=O) groups excluding carboxylic acids is 3. The van der Waals surface area contributed by atoms with Crippen molar-refractivity contribution in [2.75, 3.05) is 0 Å². The number of aliphatic hydroxyl groups is 1. The van der Waals surface area contributed by atoms with Crippen molar-refractivity contribution in [1.82, 2.24) is 15.6 Å². The third-order valence-corrected chi connectivity index (χ3v) is 6.33. The van der Waals surface area contributed by atoms with Crippen LogP contribution in [0.25, 0.3) is 11.3 Å². The number of aliphatic hydroxyl groups excluding tert-OH is 1. The van der Waals surface area contributed by atoms with Crippen molar-refractivity contribution in [3.8, 4) is 11.3 Å². The standard InChI is InChI=1S/C27H32BN3O10/c1-15(2)12-20(28-40-22(35)14-27(41-28,26(38)39)13-21(33)34)30-25(37)23(16(3)32)31-24(36)19-11-7-10-18(29-19)17-8-5-4-6-9-17/h4-11,15-16,20,23,32H,12-14H2,1-3H3,(H,30,37)(H,31,36)(H,33,34)(H,38,39)/t16?,20-,23-,27?/m0/s1. The Morgan fingerprint density at radius 3 is 2.29 bits per heavy atom. The fourth-order valence-corrected chi connectivity index (χ4v) is 4.38. The molecular formula is C27H32BN3O10. The largest absolute Gasteiger partial charge is 0.552 e. The van der Waals surface area contributed by atoms with Gasteiger partial charge in [-0.3, -0.25) is 19.2 Å². The molecule has 1 aromatic carbocycles. The predicted molar refractivity (Wildman–Crippen MR) is 144 cm³/mol. The van der Waals surface area contributed by atoms with Crippen LogP contribution in [0.4, 0.5) is 0 Å². The minimum absolute atomic E-state index is 0.00649. The normalized spacial score (nSPS) is 19.0. The van der Waals surface area contributed by atoms with Gasteiger partial charge >= 0.3 is 19.1 Å². The molecule has 0 saturated carbocycles. The summed E-state index contributed by atoms with van der Waals surface area (Å²) in [5.41, 5.74) is -1.12. The highest BCUT2D eigenvalue weighted by Gasteiger charge is 2.55. The van der Waals surface area contributed by atoms with Gasteiger partial charge in [0.05, 0.1) is 30.6 Å². The fourth-order valence-electron chi connectivity index (χ4n) is 4.38. The van der Waals surface area contributed by atoms with Crippen LogP contribution in [0.3, 0.4) is 0 Å². The Morgan fingerprint density at radius 1 is 1.02 bits per heavy atom. The number of hydrogen-bond acceptors (Lipinski definition) is 9. The summed E-state index contributed by atoms with van der Waals surface area (Å²) in [4.78, 5) is 66.4. The molecule has 2 amide bonds. The molecule has 218 valence electrons. The first-order valence-corrected chi connectivity index (χ1v) is 13.0. The van der Waals surface area contributed by atoms with Crippen LogP contribution in [0, 0.1) is 5.92 Å². The van der Waals surface area contributed by atoms with E-state index in [1.807, 2.05) is 30.3 Å². The van der Waals surface area contributed by atoms with E-state index in [2.05, 4.69) is 15.6 Å². The van der Waals surface area contributed by atoms with E-state index < -0.39 is 73.4 Å². The van der Waals surface area contributed by atoms with Crippen molar-refractivity contribution >= 4 is 36.8 Å². The summed E-state index contributed by atoms with van der Waals surface area (Å²) in [5, 5.41) is 34.3. The van der Waals surface area contributed by atoms with Crippen LogP contribution in [-0.4, -0.2) is 80.8 Å². The zero-order valence-electron chi connectivity index (χ0n) is 22.8. The van der Waals surface area contributed by atoms with Gasteiger partial charge in [-0.1, -0.05) is 50.2 Å². The Bertz CT molecular complexity index is 1290. The second-order valence-electron chi connectivity index (χ2n) is 10.2. The van der Waals surface area contributed by atoms with Gasteiger partial charge in [0.1, 0.15) is 11.7 Å². The molecule has 14 heteroatoms. The highest BCUT2D eigenvalue weighted by atomic mass is 16.6. The second kappa shape index (κ2) is 13.4. The molecule has 13 nitrogen and oxygen atoms in total. The van der Waals surface area contributed by atoms with Gasteiger partial charge in [-0.05, 0) is 31.4 Å². The van der Waals surface area contributed by atoms with E-state index in [9.17, 15) is 39.3 Å². The number of pyridine rings is 1. The van der Waals surface area contributed by atoms with Crippen LogP contribution in [0.1, 0.15) is 50.5 Å². The number of aromatic nitrogens is 1. The minimum atomic E-state index is -2.40. The van der Waals surface area contributed by atoms with Crippen LogP contribution in [0.15, 0.2) is 48.5 Å². The van der Waals surface area contributed by atoms with Crippen molar-refractivity contribution in [1.29, 1.82) is 0 Å². The highest BCUT2D eigenvalue weighted by molar-refractivity contribution is 6.50. The molecular weight excluding hydrogens is 537 g/mol. The predicted octanol–water partition coefficient (Wildman–Crippen LogP) is 1.05. The number of carbonyl (C=O) groups is 5. The highest BCUT2D eigenvalue weighted by Crippen LogP contribution is 2.30. The summed E-state index contributed by atoms with van der Waals surface area (Å²) in [6, 6.07) is 12.4. The number of aliphatic carboxylic acids is 2. The van der Waals surface area contributed by atoms with Crippen molar-refractivity contribution in [2.45, 2.75) is 63.7 Å². The Kier molecular flexibility index (Phi) is 10.2. The molecule has 3 rings (SSSR count). The fraction of sp³-hybridized carbons (Fsp3) is 0.407. The van der Waals surface area contributed by atoms with Gasteiger partial charge < -0.3 is 35.3 Å². The molecule has 1 saturated heterocycles. The molecule has 1 aliphatic rings. The van der Waals surface area contributed by atoms with Crippen LogP contribution in [0.5, 0.6) is 0 Å². The lowest BCUT2D eigenvalue weighted by molar-refractivity contribution is -0.175. The van der Waals surface area contributed by atoms with Gasteiger partial charge in [-0.15, -0.1) is 0 Å². The summed E-state index contributed by atoms with van der Waals surface area (Å²) < 4.78 is 10.7. The van der Waals surface area contributed by atoms with Crippen molar-refractivity contribution < 1.29 is 48.6 Å². The van der Waals surface area contributed by atoms with E-state index in [0.29, 0.717) is 5.69 Å². The molecule has 1 aromatic heterocycles. The lowest BCUT2D eigenvalue weighted by Crippen LogP contribution is -2.63. The Labute approximate surface area is 236 Å². The molecule has 1 aliphatic heterocycles. The topological polar surface area (TPSA) is 201 Å². The number of carboxylic acids is 2. The molecule has 0 radical (unpaired) electrons.